The highest BCUT2D eigenvalue weighted by Crippen LogP contribution is 2.16. The van der Waals surface area contributed by atoms with Crippen LogP contribution in [0, 0.1) is 0 Å². The molecule has 1 aliphatic rings. The minimum Gasteiger partial charge on any atom is -0.497 e. The van der Waals surface area contributed by atoms with E-state index in [2.05, 4.69) is 17.3 Å². The van der Waals surface area contributed by atoms with Crippen molar-refractivity contribution in [2.24, 2.45) is 0 Å². The van der Waals surface area contributed by atoms with E-state index in [-0.39, 0.29) is 11.8 Å². The number of anilines is 1. The lowest BCUT2D eigenvalue weighted by Gasteiger charge is -2.32. The molecule has 1 fully saturated rings. The van der Waals surface area contributed by atoms with E-state index >= 15 is 0 Å². The van der Waals surface area contributed by atoms with E-state index in [1.165, 1.54) is 0 Å². The number of carbonyl (C=O) groups excluding carboxylic acids is 2. The van der Waals surface area contributed by atoms with Gasteiger partial charge in [-0.3, -0.25) is 9.59 Å². The van der Waals surface area contributed by atoms with Crippen LogP contribution in [0.25, 0.3) is 0 Å². The summed E-state index contributed by atoms with van der Waals surface area (Å²) in [5.41, 5.74) is 1.81. The Morgan fingerprint density at radius 1 is 0.885 bits per heavy atom. The predicted molar refractivity (Wildman–Crippen MR) is 101 cm³/mol. The number of benzene rings is 2. The standard InChI is InChI=1S/C20H23N3O3/c1-22-11-13-23(14-12-22)20(25)16-5-3-15(4-6-16)19(24)21-17-7-9-18(26-2)10-8-17/h3-10H,11-14H2,1-2H3,(H,21,24). The molecule has 0 radical (unpaired) electrons. The first kappa shape index (κ1) is 17.9. The molecule has 0 unspecified atom stereocenters. The van der Waals surface area contributed by atoms with Gasteiger partial charge >= 0.3 is 0 Å². The molecule has 0 spiro atoms. The van der Waals surface area contributed by atoms with Crippen LogP contribution in [0.5, 0.6) is 5.75 Å². The number of ether oxygens (including phenoxy) is 1. The van der Waals surface area contributed by atoms with Gasteiger partial charge in [0, 0.05) is 43.0 Å². The van der Waals surface area contributed by atoms with Crippen molar-refractivity contribution in [1.29, 1.82) is 0 Å². The summed E-state index contributed by atoms with van der Waals surface area (Å²) in [4.78, 5) is 28.9. The molecule has 0 bridgehead atoms. The fraction of sp³-hybridized carbons (Fsp3) is 0.300. The molecule has 6 nitrogen and oxygen atoms in total. The summed E-state index contributed by atoms with van der Waals surface area (Å²) in [5, 5.41) is 2.83. The minimum atomic E-state index is -0.214. The highest BCUT2D eigenvalue weighted by molar-refractivity contribution is 6.05. The van der Waals surface area contributed by atoms with Crippen molar-refractivity contribution in [3.8, 4) is 5.75 Å². The van der Waals surface area contributed by atoms with Gasteiger partial charge in [0.2, 0.25) is 0 Å². The van der Waals surface area contributed by atoms with Crippen LogP contribution >= 0.6 is 0 Å². The van der Waals surface area contributed by atoms with Crippen molar-refractivity contribution in [2.75, 3.05) is 45.7 Å². The number of hydrogen-bond donors (Lipinski definition) is 1. The maximum atomic E-state index is 12.5. The number of likely N-dealkylation sites (N-methyl/N-ethyl adjacent to an activating group) is 1. The molecule has 0 aliphatic carbocycles. The normalized spacial score (nSPS) is 14.8. The van der Waals surface area contributed by atoms with Crippen molar-refractivity contribution >= 4 is 17.5 Å². The maximum Gasteiger partial charge on any atom is 0.255 e. The maximum absolute atomic E-state index is 12.5. The number of nitrogens with zero attached hydrogens (tertiary/aromatic N) is 2. The molecule has 2 aromatic rings. The summed E-state index contributed by atoms with van der Waals surface area (Å²) in [6.45, 7) is 3.23. The third-order valence-corrected chi connectivity index (χ3v) is 4.53. The first-order chi connectivity index (χ1) is 12.6. The monoisotopic (exact) mass is 353 g/mol. The van der Waals surface area contributed by atoms with E-state index in [9.17, 15) is 9.59 Å². The Labute approximate surface area is 153 Å². The third-order valence-electron chi connectivity index (χ3n) is 4.53. The number of piperazine rings is 1. The van der Waals surface area contributed by atoms with Crippen LogP contribution in [0.15, 0.2) is 48.5 Å². The third kappa shape index (κ3) is 4.21. The summed E-state index contributed by atoms with van der Waals surface area (Å²) in [7, 11) is 3.65. The molecule has 0 saturated carbocycles. The van der Waals surface area contributed by atoms with E-state index in [0.717, 1.165) is 31.9 Å². The van der Waals surface area contributed by atoms with Gasteiger partial charge in [0.15, 0.2) is 0 Å². The number of hydrogen-bond acceptors (Lipinski definition) is 4. The van der Waals surface area contributed by atoms with Gasteiger partial charge in [-0.2, -0.15) is 0 Å². The van der Waals surface area contributed by atoms with E-state index in [4.69, 9.17) is 4.74 Å². The summed E-state index contributed by atoms with van der Waals surface area (Å²) in [5.74, 6) is 0.531. The topological polar surface area (TPSA) is 61.9 Å². The van der Waals surface area contributed by atoms with Crippen molar-refractivity contribution in [2.45, 2.75) is 0 Å². The molecule has 2 amide bonds. The molecule has 1 heterocycles. The molecule has 6 heteroatoms. The van der Waals surface area contributed by atoms with Crippen LogP contribution in [0.1, 0.15) is 20.7 Å². The van der Waals surface area contributed by atoms with Crippen LogP contribution in [-0.2, 0) is 0 Å². The first-order valence-corrected chi connectivity index (χ1v) is 8.60. The first-order valence-electron chi connectivity index (χ1n) is 8.60. The van der Waals surface area contributed by atoms with Gasteiger partial charge in [-0.15, -0.1) is 0 Å². The molecular formula is C20H23N3O3. The summed E-state index contributed by atoms with van der Waals surface area (Å²) >= 11 is 0. The van der Waals surface area contributed by atoms with Crippen molar-refractivity contribution < 1.29 is 14.3 Å². The van der Waals surface area contributed by atoms with E-state index in [1.54, 1.807) is 55.6 Å². The lowest BCUT2D eigenvalue weighted by Crippen LogP contribution is -2.47. The number of carbonyl (C=O) groups is 2. The summed E-state index contributed by atoms with van der Waals surface area (Å²) in [6, 6.07) is 13.9. The molecule has 0 atom stereocenters. The molecular weight excluding hydrogens is 330 g/mol. The Morgan fingerprint density at radius 3 is 2.04 bits per heavy atom. The molecule has 3 rings (SSSR count). The molecule has 2 aromatic carbocycles. The fourth-order valence-electron chi connectivity index (χ4n) is 2.83. The Balaban J connectivity index is 1.62. The lowest BCUT2D eigenvalue weighted by molar-refractivity contribution is 0.0664. The zero-order chi connectivity index (χ0) is 18.5. The van der Waals surface area contributed by atoms with E-state index in [1.807, 2.05) is 4.90 Å². The van der Waals surface area contributed by atoms with Crippen molar-refractivity contribution in [1.82, 2.24) is 9.80 Å². The Hall–Kier alpha value is -2.86. The average molecular weight is 353 g/mol. The van der Waals surface area contributed by atoms with Crippen molar-refractivity contribution in [3.05, 3.63) is 59.7 Å². The van der Waals surface area contributed by atoms with Gasteiger partial charge in [0.05, 0.1) is 7.11 Å². The van der Waals surface area contributed by atoms with Crippen LogP contribution in [0.2, 0.25) is 0 Å². The van der Waals surface area contributed by atoms with Crippen molar-refractivity contribution in [3.63, 3.8) is 0 Å². The van der Waals surface area contributed by atoms with Gasteiger partial charge in [-0.25, -0.2) is 0 Å². The largest absolute Gasteiger partial charge is 0.497 e. The molecule has 1 N–H and O–H groups in total. The predicted octanol–water partition coefficient (Wildman–Crippen LogP) is 2.34. The SMILES string of the molecule is COc1ccc(NC(=O)c2ccc(C(=O)N3CCN(C)CC3)cc2)cc1. The highest BCUT2D eigenvalue weighted by atomic mass is 16.5. The quantitative estimate of drug-likeness (QED) is 0.916. The van der Waals surface area contributed by atoms with Crippen LogP contribution in [0.4, 0.5) is 5.69 Å². The minimum absolute atomic E-state index is 0.0141. The average Bonchev–Trinajstić information content (AvgIpc) is 2.69. The van der Waals surface area contributed by atoms with Gasteiger partial charge in [0.1, 0.15) is 5.75 Å². The van der Waals surface area contributed by atoms with E-state index in [0.29, 0.717) is 16.8 Å². The molecule has 0 aromatic heterocycles. The second kappa shape index (κ2) is 8.01. The number of nitrogens with one attached hydrogen (secondary N) is 1. The number of rotatable bonds is 4. The van der Waals surface area contributed by atoms with Crippen LogP contribution in [-0.4, -0.2) is 62.0 Å². The van der Waals surface area contributed by atoms with E-state index < -0.39 is 0 Å². The summed E-state index contributed by atoms with van der Waals surface area (Å²) < 4.78 is 5.10. The molecule has 1 aliphatic heterocycles. The fourth-order valence-corrected chi connectivity index (χ4v) is 2.83. The van der Waals surface area contributed by atoms with Gasteiger partial charge in [-0.1, -0.05) is 0 Å². The molecule has 136 valence electrons. The Kier molecular flexibility index (Phi) is 5.53. The lowest BCUT2D eigenvalue weighted by atomic mass is 10.1. The Bertz CT molecular complexity index is 764. The highest BCUT2D eigenvalue weighted by Gasteiger charge is 2.20. The zero-order valence-electron chi connectivity index (χ0n) is 15.1. The summed E-state index contributed by atoms with van der Waals surface area (Å²) in [6.07, 6.45) is 0. The molecule has 1 saturated heterocycles. The van der Waals surface area contributed by atoms with Crippen LogP contribution < -0.4 is 10.1 Å². The Morgan fingerprint density at radius 2 is 1.46 bits per heavy atom. The number of methoxy groups -OCH3 is 1. The van der Waals surface area contributed by atoms with Gasteiger partial charge in [-0.05, 0) is 55.6 Å². The second-order valence-corrected chi connectivity index (χ2v) is 6.36. The van der Waals surface area contributed by atoms with Gasteiger partial charge in [0.25, 0.3) is 11.8 Å². The smallest absolute Gasteiger partial charge is 0.255 e. The van der Waals surface area contributed by atoms with Crippen LogP contribution in [0.3, 0.4) is 0 Å². The van der Waals surface area contributed by atoms with Gasteiger partial charge < -0.3 is 19.9 Å². The molecule has 26 heavy (non-hydrogen) atoms. The zero-order valence-corrected chi connectivity index (χ0v) is 15.1. The second-order valence-electron chi connectivity index (χ2n) is 6.36. The number of amides is 2.